The van der Waals surface area contributed by atoms with Crippen LogP contribution in [0.1, 0.15) is 284 Å². The van der Waals surface area contributed by atoms with E-state index in [2.05, 4.69) is 62.5 Å². The van der Waals surface area contributed by atoms with E-state index in [4.69, 9.17) is 14.2 Å². The summed E-state index contributed by atoms with van der Waals surface area (Å²) in [6, 6.07) is -1.03. The van der Waals surface area contributed by atoms with Gasteiger partial charge in [0.2, 0.25) is 5.91 Å². The van der Waals surface area contributed by atoms with Crippen LogP contribution in [-0.4, -0.2) is 99.6 Å². The fourth-order valence-electron chi connectivity index (χ4n) is 9.68. The largest absolute Gasteiger partial charge is 0.454 e. The molecule has 11 nitrogen and oxygen atoms in total. The molecule has 1 heterocycles. The van der Waals surface area contributed by atoms with E-state index in [1.165, 1.54) is 173 Å². The molecule has 11 heteroatoms. The topological polar surface area (TPSA) is 175 Å². The summed E-state index contributed by atoms with van der Waals surface area (Å²) in [5.41, 5.74) is 0. The Labute approximate surface area is 459 Å². The maximum absolute atomic E-state index is 13.4. The summed E-state index contributed by atoms with van der Waals surface area (Å²) in [6.07, 6.45) is 52.9. The van der Waals surface area contributed by atoms with Crippen LogP contribution in [0.4, 0.5) is 0 Å². The number of unbranched alkanes of at least 4 members (excludes halogenated alkanes) is 33. The van der Waals surface area contributed by atoms with E-state index in [9.17, 15) is 35.1 Å². The van der Waals surface area contributed by atoms with Gasteiger partial charge in [0.1, 0.15) is 24.4 Å². The summed E-state index contributed by atoms with van der Waals surface area (Å²) in [7, 11) is 0. The molecule has 1 aliphatic rings. The number of hydrogen-bond acceptors (Lipinski definition) is 10. The Hall–Kier alpha value is -2.38. The molecule has 75 heavy (non-hydrogen) atoms. The Morgan fingerprint density at radius 3 is 1.40 bits per heavy atom. The molecule has 0 radical (unpaired) electrons. The molecule has 8 unspecified atom stereocenters. The summed E-state index contributed by atoms with van der Waals surface area (Å²) < 4.78 is 17.6. The minimum Gasteiger partial charge on any atom is -0.454 e. The number of amides is 1. The summed E-state index contributed by atoms with van der Waals surface area (Å²) in [6.45, 7) is 5.76. The van der Waals surface area contributed by atoms with Gasteiger partial charge in [0, 0.05) is 6.42 Å². The number of esters is 1. The van der Waals surface area contributed by atoms with Crippen molar-refractivity contribution in [1.29, 1.82) is 0 Å². The van der Waals surface area contributed by atoms with Gasteiger partial charge < -0.3 is 45.1 Å². The van der Waals surface area contributed by atoms with Crippen LogP contribution < -0.4 is 5.32 Å². The van der Waals surface area contributed by atoms with E-state index < -0.39 is 67.4 Å². The lowest BCUT2D eigenvalue weighted by molar-refractivity contribution is -0.305. The molecule has 0 bridgehead atoms. The lowest BCUT2D eigenvalue weighted by Gasteiger charge is -2.41. The smallest absolute Gasteiger partial charge is 0.306 e. The Morgan fingerprint density at radius 2 is 0.920 bits per heavy atom. The molecular weight excluding hydrogens is 943 g/mol. The van der Waals surface area contributed by atoms with Crippen LogP contribution in [-0.2, 0) is 23.8 Å². The quantitative estimate of drug-likeness (QED) is 0.0195. The molecule has 0 aromatic heterocycles. The maximum Gasteiger partial charge on any atom is 0.306 e. The molecule has 1 amide bonds. The van der Waals surface area contributed by atoms with Crippen molar-refractivity contribution >= 4 is 11.9 Å². The zero-order valence-electron chi connectivity index (χ0n) is 48.4. The van der Waals surface area contributed by atoms with Crippen molar-refractivity contribution in [1.82, 2.24) is 5.32 Å². The summed E-state index contributed by atoms with van der Waals surface area (Å²) in [5, 5.41) is 56.9. The van der Waals surface area contributed by atoms with Gasteiger partial charge in [-0.05, 0) is 83.5 Å². The van der Waals surface area contributed by atoms with Crippen molar-refractivity contribution in [2.45, 2.75) is 333 Å². The zero-order valence-corrected chi connectivity index (χ0v) is 48.4. The fraction of sp³-hybridized carbons (Fsp3) is 0.844. The Balaban J connectivity index is 2.65. The van der Waals surface area contributed by atoms with E-state index >= 15 is 0 Å². The lowest BCUT2D eigenvalue weighted by Crippen LogP contribution is -2.61. The van der Waals surface area contributed by atoms with Crippen LogP contribution in [0.15, 0.2) is 48.6 Å². The van der Waals surface area contributed by atoms with Crippen LogP contribution in [0.2, 0.25) is 0 Å². The van der Waals surface area contributed by atoms with E-state index in [1.807, 2.05) is 6.08 Å². The van der Waals surface area contributed by atoms with E-state index in [0.29, 0.717) is 12.8 Å². The number of aliphatic hydroxyl groups excluding tert-OH is 5. The average Bonchev–Trinajstić information content (AvgIpc) is 3.41. The first-order valence-corrected chi connectivity index (χ1v) is 31.4. The second-order valence-electron chi connectivity index (χ2n) is 21.8. The lowest BCUT2D eigenvalue weighted by atomic mass is 9.99. The van der Waals surface area contributed by atoms with Crippen LogP contribution >= 0.6 is 0 Å². The van der Waals surface area contributed by atoms with Crippen LogP contribution in [0.25, 0.3) is 0 Å². The molecule has 0 aromatic rings. The van der Waals surface area contributed by atoms with Gasteiger partial charge in [-0.25, -0.2) is 0 Å². The molecule has 438 valence electrons. The van der Waals surface area contributed by atoms with Gasteiger partial charge in [-0.15, -0.1) is 0 Å². The second-order valence-corrected chi connectivity index (χ2v) is 21.8. The van der Waals surface area contributed by atoms with Crippen molar-refractivity contribution in [3.63, 3.8) is 0 Å². The van der Waals surface area contributed by atoms with Gasteiger partial charge in [0.25, 0.3) is 0 Å². The third-order valence-electron chi connectivity index (χ3n) is 14.7. The molecule has 6 N–H and O–H groups in total. The molecule has 1 fully saturated rings. The molecule has 1 rings (SSSR count). The van der Waals surface area contributed by atoms with Crippen molar-refractivity contribution in [3.8, 4) is 0 Å². The third kappa shape index (κ3) is 40.5. The maximum atomic E-state index is 13.4. The fourth-order valence-corrected chi connectivity index (χ4v) is 9.68. The SMILES string of the molecule is CCCCC/C=C\C/C=C\CCCCCCCCCCCCCC(=O)OC1C(OCC(NC(=O)C(O)CCCC/C=C\CCCCCCCCC)C(O)/C=C/CCCCCCCCCCCC)OC(CO)C(O)C1O. The highest BCUT2D eigenvalue weighted by molar-refractivity contribution is 5.80. The van der Waals surface area contributed by atoms with Gasteiger partial charge in [-0.2, -0.15) is 0 Å². The first kappa shape index (κ1) is 70.6. The molecule has 1 aliphatic heterocycles. The number of nitrogens with one attached hydrogen (secondary N) is 1. The molecular formula is C64H117NO10. The Morgan fingerprint density at radius 1 is 0.520 bits per heavy atom. The predicted molar refractivity (Wildman–Crippen MR) is 310 cm³/mol. The first-order chi connectivity index (χ1) is 36.7. The number of hydrogen-bond donors (Lipinski definition) is 6. The van der Waals surface area contributed by atoms with Gasteiger partial charge in [-0.1, -0.05) is 243 Å². The molecule has 0 saturated carbocycles. The van der Waals surface area contributed by atoms with Gasteiger partial charge >= 0.3 is 5.97 Å². The molecule has 0 aromatic carbocycles. The van der Waals surface area contributed by atoms with Crippen LogP contribution in [0, 0.1) is 0 Å². The second kappa shape index (κ2) is 52.3. The highest BCUT2D eigenvalue weighted by Crippen LogP contribution is 2.26. The number of allylic oxidation sites excluding steroid dienone is 7. The zero-order chi connectivity index (χ0) is 54.7. The molecule has 0 spiro atoms. The van der Waals surface area contributed by atoms with Gasteiger partial charge in [-0.3, -0.25) is 9.59 Å². The minimum atomic E-state index is -1.62. The Bertz CT molecular complexity index is 1400. The monoisotopic (exact) mass is 1060 g/mol. The average molecular weight is 1060 g/mol. The van der Waals surface area contributed by atoms with E-state index in [-0.39, 0.29) is 19.4 Å². The highest BCUT2D eigenvalue weighted by Gasteiger charge is 2.47. The number of ether oxygens (including phenoxy) is 3. The molecule has 1 saturated heterocycles. The van der Waals surface area contributed by atoms with Crippen molar-refractivity contribution < 1.29 is 49.3 Å². The number of rotatable bonds is 53. The Kier molecular flexibility index (Phi) is 49.3. The first-order valence-electron chi connectivity index (χ1n) is 31.4. The number of carbonyl (C=O) groups is 2. The number of carbonyl (C=O) groups excluding carboxylic acids is 2. The highest BCUT2D eigenvalue weighted by atomic mass is 16.7. The predicted octanol–water partition coefficient (Wildman–Crippen LogP) is 14.8. The molecule has 0 aliphatic carbocycles. The third-order valence-corrected chi connectivity index (χ3v) is 14.7. The normalized spacial score (nSPS) is 19.5. The van der Waals surface area contributed by atoms with Crippen LogP contribution in [0.5, 0.6) is 0 Å². The van der Waals surface area contributed by atoms with E-state index in [1.54, 1.807) is 6.08 Å². The number of aliphatic hydroxyl groups is 5. The standard InChI is InChI=1S/C64H117NO10/c1-4-7-10-13-16-19-22-25-26-27-28-29-30-31-32-34-37-40-43-46-49-52-59(69)75-62-61(71)60(70)58(53-66)74-64(62)73-54-55(56(67)50-47-44-41-38-35-24-21-18-15-12-9-6-3)65-63(72)57(68)51-48-45-42-39-36-33-23-20-17-14-11-8-5-2/h16,19,25-26,36,39,47,50,55-58,60-62,64,66-68,70-71H,4-15,17-18,20-24,27-35,37-38,40-46,48-49,51-54H2,1-3H3,(H,65,72)/b19-16-,26-25-,39-36-,50-47+. The van der Waals surface area contributed by atoms with Crippen molar-refractivity contribution in [3.05, 3.63) is 48.6 Å². The summed E-state index contributed by atoms with van der Waals surface area (Å²) >= 11 is 0. The van der Waals surface area contributed by atoms with E-state index in [0.717, 1.165) is 64.2 Å². The van der Waals surface area contributed by atoms with Crippen molar-refractivity contribution in [2.24, 2.45) is 0 Å². The van der Waals surface area contributed by atoms with Gasteiger partial charge in [0.05, 0.1) is 25.4 Å². The summed E-state index contributed by atoms with van der Waals surface area (Å²) in [5.74, 6) is -1.21. The minimum absolute atomic E-state index is 0.120. The van der Waals surface area contributed by atoms with Crippen LogP contribution in [0.3, 0.4) is 0 Å². The summed E-state index contributed by atoms with van der Waals surface area (Å²) in [4.78, 5) is 26.5. The van der Waals surface area contributed by atoms with Crippen molar-refractivity contribution in [2.75, 3.05) is 13.2 Å². The molecule has 8 atom stereocenters. The van der Waals surface area contributed by atoms with Gasteiger partial charge in [0.15, 0.2) is 12.4 Å².